The molecule has 1 aromatic heterocycles. The van der Waals surface area contributed by atoms with Gasteiger partial charge >= 0.3 is 0 Å². The predicted octanol–water partition coefficient (Wildman–Crippen LogP) is 5.79. The lowest BCUT2D eigenvalue weighted by Crippen LogP contribution is -2.43. The third-order valence-corrected chi connectivity index (χ3v) is 8.79. The van der Waals surface area contributed by atoms with Gasteiger partial charge < -0.3 is 9.80 Å². The fourth-order valence-electron chi connectivity index (χ4n) is 5.63. The van der Waals surface area contributed by atoms with Crippen LogP contribution in [0.4, 0.5) is 0 Å². The van der Waals surface area contributed by atoms with Gasteiger partial charge in [0.15, 0.2) is 0 Å². The van der Waals surface area contributed by atoms with E-state index in [2.05, 4.69) is 66.1 Å². The van der Waals surface area contributed by atoms with Gasteiger partial charge in [0, 0.05) is 29.2 Å². The van der Waals surface area contributed by atoms with Crippen molar-refractivity contribution in [2.45, 2.75) is 52.4 Å². The predicted molar refractivity (Wildman–Crippen MR) is 139 cm³/mol. The Kier molecular flexibility index (Phi) is 6.84. The summed E-state index contributed by atoms with van der Waals surface area (Å²) in [6.07, 6.45) is 6.46. The molecule has 174 valence electrons. The van der Waals surface area contributed by atoms with Crippen molar-refractivity contribution in [1.29, 1.82) is 0 Å². The second kappa shape index (κ2) is 9.99. The van der Waals surface area contributed by atoms with Gasteiger partial charge in [-0.2, -0.15) is 0 Å². The summed E-state index contributed by atoms with van der Waals surface area (Å²) in [4.78, 5) is 19.4. The molecule has 0 bridgehead atoms. The van der Waals surface area contributed by atoms with Gasteiger partial charge in [0.1, 0.15) is 0 Å². The number of amides is 1. The van der Waals surface area contributed by atoms with E-state index in [4.69, 9.17) is 0 Å². The molecule has 2 aromatic carbocycles. The maximum Gasteiger partial charge on any atom is 0.227 e. The molecule has 1 amide bonds. The second-order valence-corrected chi connectivity index (χ2v) is 11.3. The molecule has 1 unspecified atom stereocenters. The minimum absolute atomic E-state index is 0.318. The molecule has 1 saturated heterocycles. The van der Waals surface area contributed by atoms with E-state index in [1.54, 1.807) is 0 Å². The van der Waals surface area contributed by atoms with E-state index in [1.165, 1.54) is 76.0 Å². The van der Waals surface area contributed by atoms with Crippen molar-refractivity contribution in [3.63, 3.8) is 0 Å². The lowest BCUT2D eigenvalue weighted by atomic mass is 9.97. The number of thiophene rings is 1. The molecule has 0 saturated carbocycles. The van der Waals surface area contributed by atoms with Gasteiger partial charge in [0.2, 0.25) is 5.91 Å². The van der Waals surface area contributed by atoms with E-state index in [1.807, 2.05) is 11.3 Å². The first-order valence-electron chi connectivity index (χ1n) is 12.6. The molecule has 0 radical (unpaired) electrons. The van der Waals surface area contributed by atoms with Crippen LogP contribution in [0.2, 0.25) is 0 Å². The van der Waals surface area contributed by atoms with Crippen LogP contribution in [-0.4, -0.2) is 48.4 Å². The number of nitrogens with zero attached hydrogens (tertiary/aromatic N) is 2. The minimum Gasteiger partial charge on any atom is -0.342 e. The summed E-state index contributed by atoms with van der Waals surface area (Å²) in [6.45, 7) is 9.65. The van der Waals surface area contributed by atoms with Crippen molar-refractivity contribution in [1.82, 2.24) is 9.80 Å². The number of aryl methyl sites for hydroxylation is 3. The van der Waals surface area contributed by atoms with E-state index >= 15 is 0 Å². The van der Waals surface area contributed by atoms with Crippen LogP contribution >= 0.6 is 11.3 Å². The molecule has 0 aliphatic carbocycles. The number of hydrogen-bond acceptors (Lipinski definition) is 3. The molecule has 2 aliphatic rings. The van der Waals surface area contributed by atoms with Gasteiger partial charge in [0.25, 0.3) is 0 Å². The van der Waals surface area contributed by atoms with Gasteiger partial charge in [-0.3, -0.25) is 4.79 Å². The third kappa shape index (κ3) is 5.33. The van der Waals surface area contributed by atoms with Crippen LogP contribution in [0.15, 0.2) is 42.5 Å². The maximum absolute atomic E-state index is 13.0. The average molecular weight is 461 g/mol. The van der Waals surface area contributed by atoms with Gasteiger partial charge in [-0.15, -0.1) is 11.3 Å². The molecular weight excluding hydrogens is 424 g/mol. The van der Waals surface area contributed by atoms with E-state index < -0.39 is 0 Å². The number of likely N-dealkylation sites (tertiary alicyclic amines) is 1. The molecule has 0 spiro atoms. The Hall–Kier alpha value is -2.17. The molecule has 2 aliphatic heterocycles. The molecule has 4 heteroatoms. The summed E-state index contributed by atoms with van der Waals surface area (Å²) in [5, 5.41) is 1.38. The molecule has 3 nitrogen and oxygen atoms in total. The van der Waals surface area contributed by atoms with Gasteiger partial charge in [-0.1, -0.05) is 30.3 Å². The summed E-state index contributed by atoms with van der Waals surface area (Å²) < 4.78 is 1.40. The fourth-order valence-corrected chi connectivity index (χ4v) is 6.74. The highest BCUT2D eigenvalue weighted by Gasteiger charge is 2.26. The normalized spacial score (nSPS) is 19.6. The SMILES string of the molecule is Cc1cc2c(cc1C)CC(=O)N(CC1CCCN(CCCc3cc4ccccc4s3)C1)CC2. The van der Waals surface area contributed by atoms with Crippen LogP contribution in [0.1, 0.15) is 46.4 Å². The van der Waals surface area contributed by atoms with E-state index in [-0.39, 0.29) is 0 Å². The Bertz CT molecular complexity index is 1100. The first-order valence-corrected chi connectivity index (χ1v) is 13.4. The van der Waals surface area contributed by atoms with Crippen molar-refractivity contribution in [2.75, 3.05) is 32.7 Å². The maximum atomic E-state index is 13.0. The van der Waals surface area contributed by atoms with Crippen LogP contribution in [0, 0.1) is 19.8 Å². The lowest BCUT2D eigenvalue weighted by Gasteiger charge is -2.35. The highest BCUT2D eigenvalue weighted by molar-refractivity contribution is 7.19. The van der Waals surface area contributed by atoms with Gasteiger partial charge in [0.05, 0.1) is 6.42 Å². The van der Waals surface area contributed by atoms with Crippen LogP contribution < -0.4 is 0 Å². The number of hydrogen-bond donors (Lipinski definition) is 0. The Morgan fingerprint density at radius 2 is 1.85 bits per heavy atom. The van der Waals surface area contributed by atoms with E-state index in [0.29, 0.717) is 18.2 Å². The Morgan fingerprint density at radius 3 is 2.70 bits per heavy atom. The van der Waals surface area contributed by atoms with Crippen LogP contribution in [0.3, 0.4) is 0 Å². The third-order valence-electron chi connectivity index (χ3n) is 7.62. The summed E-state index contributed by atoms with van der Waals surface area (Å²) in [7, 11) is 0. The highest BCUT2D eigenvalue weighted by Crippen LogP contribution is 2.27. The number of fused-ring (bicyclic) bond motifs is 2. The molecule has 3 aromatic rings. The number of piperidine rings is 1. The van der Waals surface area contributed by atoms with Crippen molar-refractivity contribution in [3.05, 3.63) is 69.6 Å². The van der Waals surface area contributed by atoms with Gasteiger partial charge in [-0.25, -0.2) is 0 Å². The van der Waals surface area contributed by atoms with Crippen molar-refractivity contribution in [2.24, 2.45) is 5.92 Å². The monoisotopic (exact) mass is 460 g/mol. The smallest absolute Gasteiger partial charge is 0.227 e. The minimum atomic E-state index is 0.318. The van der Waals surface area contributed by atoms with Crippen LogP contribution in [-0.2, 0) is 24.1 Å². The second-order valence-electron chi connectivity index (χ2n) is 10.1. The largest absolute Gasteiger partial charge is 0.342 e. The summed E-state index contributed by atoms with van der Waals surface area (Å²) >= 11 is 1.94. The van der Waals surface area contributed by atoms with Crippen molar-refractivity contribution >= 4 is 27.3 Å². The average Bonchev–Trinajstić information content (AvgIpc) is 3.16. The topological polar surface area (TPSA) is 23.6 Å². The van der Waals surface area contributed by atoms with Crippen LogP contribution in [0.5, 0.6) is 0 Å². The van der Waals surface area contributed by atoms with Crippen LogP contribution in [0.25, 0.3) is 10.1 Å². The summed E-state index contributed by atoms with van der Waals surface area (Å²) in [5.41, 5.74) is 5.26. The van der Waals surface area contributed by atoms with Crippen molar-refractivity contribution in [3.8, 4) is 0 Å². The number of carbonyl (C=O) groups is 1. The molecule has 0 N–H and O–H groups in total. The molecule has 3 heterocycles. The molecule has 5 rings (SSSR count). The molecular formula is C29H36N2OS. The quantitative estimate of drug-likeness (QED) is 0.465. The summed E-state index contributed by atoms with van der Waals surface area (Å²) in [6, 6.07) is 15.6. The Labute approximate surface area is 202 Å². The van der Waals surface area contributed by atoms with E-state index in [9.17, 15) is 4.79 Å². The van der Waals surface area contributed by atoms with E-state index in [0.717, 1.165) is 26.1 Å². The molecule has 1 fully saturated rings. The lowest BCUT2D eigenvalue weighted by molar-refractivity contribution is -0.131. The number of benzene rings is 2. The highest BCUT2D eigenvalue weighted by atomic mass is 32.1. The van der Waals surface area contributed by atoms with Gasteiger partial charge in [-0.05, 0) is 105 Å². The zero-order valence-corrected chi connectivity index (χ0v) is 20.9. The molecule has 1 atom stereocenters. The zero-order valence-electron chi connectivity index (χ0n) is 20.1. The Balaban J connectivity index is 1.13. The zero-order chi connectivity index (χ0) is 22.8. The number of rotatable bonds is 6. The summed E-state index contributed by atoms with van der Waals surface area (Å²) in [5.74, 6) is 0.926. The Morgan fingerprint density at radius 1 is 1.03 bits per heavy atom. The molecule has 33 heavy (non-hydrogen) atoms. The van der Waals surface area contributed by atoms with Crippen molar-refractivity contribution < 1.29 is 4.79 Å². The standard InChI is InChI=1S/C29H36N2OS/c1-21-15-24-11-14-31(29(32)18-26(24)16-22(21)2)20-23-7-5-12-30(19-23)13-6-9-27-17-25-8-3-4-10-28(25)33-27/h3-4,8,10,15-17,23H,5-7,9,11-14,18-20H2,1-2H3. The first-order chi connectivity index (χ1) is 16.0. The first kappa shape index (κ1) is 22.6. The fraction of sp³-hybridized carbons (Fsp3) is 0.483. The number of carbonyl (C=O) groups excluding carboxylic acids is 1.